The second-order valence-electron chi connectivity index (χ2n) is 4.20. The van der Waals surface area contributed by atoms with E-state index >= 15 is 0 Å². The molecule has 1 heterocycles. The Labute approximate surface area is 115 Å². The van der Waals surface area contributed by atoms with Crippen LogP contribution in [0.15, 0.2) is 24.4 Å². The average Bonchev–Trinajstić information content (AvgIpc) is 2.67. The van der Waals surface area contributed by atoms with Crippen LogP contribution in [0.2, 0.25) is 5.15 Å². The Balaban J connectivity index is 2.19. The second-order valence-corrected chi connectivity index (χ2v) is 4.59. The Morgan fingerprint density at radius 2 is 2.26 bits per heavy atom. The van der Waals surface area contributed by atoms with Crippen LogP contribution in [0.5, 0.6) is 5.75 Å². The molecule has 19 heavy (non-hydrogen) atoms. The van der Waals surface area contributed by atoms with E-state index in [1.165, 1.54) is 24.4 Å². The first-order valence-corrected chi connectivity index (χ1v) is 6.13. The van der Waals surface area contributed by atoms with Crippen molar-refractivity contribution in [3.8, 4) is 5.75 Å². The Kier molecular flexibility index (Phi) is 4.07. The lowest BCUT2D eigenvalue weighted by molar-refractivity contribution is 0.189. The van der Waals surface area contributed by atoms with Gasteiger partial charge in [0.25, 0.3) is 0 Å². The van der Waals surface area contributed by atoms with Gasteiger partial charge in [0.15, 0.2) is 0 Å². The number of aliphatic hydroxyl groups is 1. The Morgan fingerprint density at radius 1 is 1.53 bits per heavy atom. The maximum atomic E-state index is 13.2. The molecule has 2 rings (SSSR count). The molecule has 0 bridgehead atoms. The number of ether oxygens (including phenoxy) is 1. The zero-order valence-electron chi connectivity index (χ0n) is 10.6. The van der Waals surface area contributed by atoms with E-state index in [4.69, 9.17) is 16.3 Å². The topological polar surface area (TPSA) is 47.3 Å². The van der Waals surface area contributed by atoms with Gasteiger partial charge in [-0.15, -0.1) is 0 Å². The first kappa shape index (κ1) is 13.8. The standard InChI is InChI=1S/C13H14ClFN2O2/c1-8(18)10-4-3-9(15)5-11(10)19-7-13-16-6-12(14)17(13)2/h3-6,8,18H,7H2,1-2H3. The van der Waals surface area contributed by atoms with Crippen molar-refractivity contribution >= 4 is 11.6 Å². The highest BCUT2D eigenvalue weighted by Crippen LogP contribution is 2.26. The monoisotopic (exact) mass is 284 g/mol. The van der Waals surface area contributed by atoms with E-state index in [2.05, 4.69) is 4.98 Å². The summed E-state index contributed by atoms with van der Waals surface area (Å²) in [5.41, 5.74) is 0.529. The maximum Gasteiger partial charge on any atom is 0.147 e. The molecule has 0 aliphatic rings. The molecule has 1 unspecified atom stereocenters. The molecule has 0 fully saturated rings. The van der Waals surface area contributed by atoms with Gasteiger partial charge in [-0.1, -0.05) is 11.6 Å². The quantitative estimate of drug-likeness (QED) is 0.939. The van der Waals surface area contributed by atoms with Gasteiger partial charge >= 0.3 is 0 Å². The third-order valence-corrected chi connectivity index (χ3v) is 3.16. The molecule has 4 nitrogen and oxygen atoms in total. The molecule has 1 aromatic carbocycles. The van der Waals surface area contributed by atoms with E-state index in [1.54, 1.807) is 18.5 Å². The van der Waals surface area contributed by atoms with E-state index in [0.717, 1.165) is 0 Å². The molecule has 2 aromatic rings. The molecular formula is C13H14ClFN2O2. The highest BCUT2D eigenvalue weighted by atomic mass is 35.5. The maximum absolute atomic E-state index is 13.2. The van der Waals surface area contributed by atoms with E-state index in [-0.39, 0.29) is 6.61 Å². The summed E-state index contributed by atoms with van der Waals surface area (Å²) in [6.45, 7) is 1.74. The average molecular weight is 285 g/mol. The lowest BCUT2D eigenvalue weighted by Crippen LogP contribution is -2.06. The predicted octanol–water partition coefficient (Wildman–Crippen LogP) is 2.84. The smallest absolute Gasteiger partial charge is 0.147 e. The SMILES string of the molecule is CC(O)c1ccc(F)cc1OCc1ncc(Cl)n1C. The fourth-order valence-electron chi connectivity index (χ4n) is 1.68. The van der Waals surface area contributed by atoms with Gasteiger partial charge in [0.05, 0.1) is 12.3 Å². The van der Waals surface area contributed by atoms with Gasteiger partial charge in [-0.05, 0) is 19.1 Å². The van der Waals surface area contributed by atoms with Crippen molar-refractivity contribution in [1.29, 1.82) is 0 Å². The molecule has 102 valence electrons. The van der Waals surface area contributed by atoms with E-state index in [0.29, 0.717) is 22.3 Å². The van der Waals surface area contributed by atoms with Gasteiger partial charge in [0, 0.05) is 18.7 Å². The fraction of sp³-hybridized carbons (Fsp3) is 0.308. The van der Waals surface area contributed by atoms with Crippen molar-refractivity contribution in [2.45, 2.75) is 19.6 Å². The lowest BCUT2D eigenvalue weighted by Gasteiger charge is -2.13. The third kappa shape index (κ3) is 3.05. The Morgan fingerprint density at radius 3 is 2.84 bits per heavy atom. The molecule has 0 aliphatic carbocycles. The number of hydrogen-bond acceptors (Lipinski definition) is 3. The minimum absolute atomic E-state index is 0.145. The number of aromatic nitrogens is 2. The molecule has 0 saturated heterocycles. The number of benzene rings is 1. The molecule has 0 amide bonds. The van der Waals surface area contributed by atoms with Gasteiger partial charge in [-0.2, -0.15) is 0 Å². The molecule has 0 radical (unpaired) electrons. The van der Waals surface area contributed by atoms with Crippen LogP contribution in [0.25, 0.3) is 0 Å². The highest BCUT2D eigenvalue weighted by molar-refractivity contribution is 6.29. The number of aliphatic hydroxyl groups excluding tert-OH is 1. The van der Waals surface area contributed by atoms with E-state index in [9.17, 15) is 9.50 Å². The number of nitrogens with zero attached hydrogens (tertiary/aromatic N) is 2. The van der Waals surface area contributed by atoms with Crippen LogP contribution < -0.4 is 4.74 Å². The van der Waals surface area contributed by atoms with Crippen molar-refractivity contribution in [3.05, 3.63) is 46.8 Å². The molecule has 6 heteroatoms. The summed E-state index contributed by atoms with van der Waals surface area (Å²) in [5.74, 6) is 0.497. The first-order valence-electron chi connectivity index (χ1n) is 5.75. The van der Waals surface area contributed by atoms with Crippen LogP contribution in [0, 0.1) is 5.82 Å². The molecule has 1 N–H and O–H groups in total. The summed E-state index contributed by atoms with van der Waals surface area (Å²) in [5, 5.41) is 10.1. The number of halogens is 2. The van der Waals surface area contributed by atoms with Crippen molar-refractivity contribution in [2.75, 3.05) is 0 Å². The number of hydrogen-bond donors (Lipinski definition) is 1. The molecular weight excluding hydrogens is 271 g/mol. The van der Waals surface area contributed by atoms with Crippen molar-refractivity contribution in [1.82, 2.24) is 9.55 Å². The zero-order chi connectivity index (χ0) is 14.0. The van der Waals surface area contributed by atoms with Gasteiger partial charge < -0.3 is 14.4 Å². The minimum atomic E-state index is -0.736. The Bertz CT molecular complexity index is 584. The molecule has 0 saturated carbocycles. The normalized spacial score (nSPS) is 12.5. The van der Waals surface area contributed by atoms with E-state index in [1.807, 2.05) is 0 Å². The fourth-order valence-corrected chi connectivity index (χ4v) is 1.83. The van der Waals surface area contributed by atoms with Gasteiger partial charge in [0.2, 0.25) is 0 Å². The lowest BCUT2D eigenvalue weighted by atomic mass is 10.1. The van der Waals surface area contributed by atoms with Crippen LogP contribution in [0.4, 0.5) is 4.39 Å². The predicted molar refractivity (Wildman–Crippen MR) is 69.6 cm³/mol. The van der Waals surface area contributed by atoms with E-state index < -0.39 is 11.9 Å². The van der Waals surface area contributed by atoms with Gasteiger partial charge in [-0.3, -0.25) is 0 Å². The second kappa shape index (κ2) is 5.59. The summed E-state index contributed by atoms with van der Waals surface area (Å²) >= 11 is 5.86. The summed E-state index contributed by atoms with van der Waals surface area (Å²) in [6.07, 6.45) is 0.780. The molecule has 1 atom stereocenters. The summed E-state index contributed by atoms with van der Waals surface area (Å²) in [7, 11) is 1.76. The van der Waals surface area contributed by atoms with Gasteiger partial charge in [-0.25, -0.2) is 9.37 Å². The van der Waals surface area contributed by atoms with Crippen molar-refractivity contribution in [2.24, 2.45) is 7.05 Å². The third-order valence-electron chi connectivity index (χ3n) is 2.81. The van der Waals surface area contributed by atoms with Crippen molar-refractivity contribution < 1.29 is 14.2 Å². The van der Waals surface area contributed by atoms with Gasteiger partial charge in [0.1, 0.15) is 29.2 Å². The summed E-state index contributed by atoms with van der Waals surface area (Å²) in [4.78, 5) is 4.08. The minimum Gasteiger partial charge on any atom is -0.485 e. The van der Waals surface area contributed by atoms with Crippen LogP contribution >= 0.6 is 11.6 Å². The van der Waals surface area contributed by atoms with Crippen LogP contribution in [0.1, 0.15) is 24.4 Å². The first-order chi connectivity index (χ1) is 8.99. The number of imidazole rings is 1. The summed E-state index contributed by atoms with van der Waals surface area (Å²) in [6, 6.07) is 4.03. The Hall–Kier alpha value is -1.59. The number of rotatable bonds is 4. The zero-order valence-corrected chi connectivity index (χ0v) is 11.4. The molecule has 1 aromatic heterocycles. The van der Waals surface area contributed by atoms with Crippen molar-refractivity contribution in [3.63, 3.8) is 0 Å². The van der Waals surface area contributed by atoms with Crippen LogP contribution in [0.3, 0.4) is 0 Å². The van der Waals surface area contributed by atoms with Crippen LogP contribution in [-0.2, 0) is 13.7 Å². The summed E-state index contributed by atoms with van der Waals surface area (Å²) < 4.78 is 20.4. The van der Waals surface area contributed by atoms with Crippen LogP contribution in [-0.4, -0.2) is 14.7 Å². The molecule has 0 spiro atoms. The molecule has 0 aliphatic heterocycles. The highest BCUT2D eigenvalue weighted by Gasteiger charge is 2.12. The largest absolute Gasteiger partial charge is 0.485 e.